The van der Waals surface area contributed by atoms with Gasteiger partial charge in [-0.2, -0.15) is 5.10 Å². The molecule has 2 rings (SSSR count). The van der Waals surface area contributed by atoms with Crippen LogP contribution in [0.4, 0.5) is 24.7 Å². The van der Waals surface area contributed by atoms with Crippen LogP contribution < -0.4 is 15.8 Å². The number of nitrogen functional groups attached to an aromatic ring is 1. The maximum absolute atomic E-state index is 12.3. The molecule has 1 aromatic carbocycles. The zero-order valence-electron chi connectivity index (χ0n) is 12.9. The number of H-pyrrole nitrogens is 1. The number of nitrogens with zero attached hydrogens (tertiary/aromatic N) is 1. The van der Waals surface area contributed by atoms with E-state index in [2.05, 4.69) is 20.3 Å². The molecule has 0 saturated heterocycles. The fraction of sp³-hybridized carbons (Fsp3) is 0.231. The van der Waals surface area contributed by atoms with Gasteiger partial charge in [0.15, 0.2) is 11.5 Å². The van der Waals surface area contributed by atoms with Crippen LogP contribution in [0.2, 0.25) is 10.0 Å². The predicted octanol–water partition coefficient (Wildman–Crippen LogP) is 4.11. The predicted molar refractivity (Wildman–Crippen MR) is 98.4 cm³/mol. The van der Waals surface area contributed by atoms with Crippen molar-refractivity contribution in [1.82, 2.24) is 10.2 Å². The van der Waals surface area contributed by atoms with Crippen molar-refractivity contribution < 1.29 is 22.5 Å². The number of nitrogens with two attached hydrogens (primary N) is 1. The quantitative estimate of drug-likeness (QED) is 0.471. The molecule has 0 aliphatic heterocycles. The van der Waals surface area contributed by atoms with E-state index in [9.17, 15) is 17.7 Å². The minimum atomic E-state index is -4.89. The summed E-state index contributed by atoms with van der Waals surface area (Å²) in [5.74, 6) is -0.208. The van der Waals surface area contributed by atoms with Gasteiger partial charge < -0.3 is 20.3 Å². The number of anilines is 2. The van der Waals surface area contributed by atoms with Gasteiger partial charge in [-0.25, -0.2) is 0 Å². The largest absolute Gasteiger partial charge is 0.611 e. The lowest BCUT2D eigenvalue weighted by atomic mass is 10.3. The van der Waals surface area contributed by atoms with Crippen molar-refractivity contribution in [3.8, 4) is 5.75 Å². The third-order valence-electron chi connectivity index (χ3n) is 2.94. The number of thiocarbonyl (C=S) groups is 1. The molecule has 1 heterocycles. The van der Waals surface area contributed by atoms with Gasteiger partial charge in [-0.3, -0.25) is 5.10 Å². The molecule has 1 atom stereocenters. The highest BCUT2D eigenvalue weighted by Gasteiger charge is 2.32. The molecule has 4 N–H and O–H groups in total. The molecule has 0 saturated carbocycles. The second-order valence-corrected chi connectivity index (χ2v) is 7.61. The monoisotopic (exact) mass is 446 g/mol. The van der Waals surface area contributed by atoms with E-state index < -0.39 is 23.3 Å². The lowest BCUT2D eigenvalue weighted by Crippen LogP contribution is -2.18. The number of benzene rings is 1. The van der Waals surface area contributed by atoms with Crippen LogP contribution in [-0.4, -0.2) is 31.9 Å². The molecule has 13 heteroatoms. The van der Waals surface area contributed by atoms with E-state index >= 15 is 0 Å². The molecular formula is C13H11Cl2F3N4O2S2. The second-order valence-electron chi connectivity index (χ2n) is 4.71. The Balaban J connectivity index is 2.31. The highest BCUT2D eigenvalue weighted by Crippen LogP contribution is 2.37. The van der Waals surface area contributed by atoms with E-state index in [1.165, 1.54) is 0 Å². The molecule has 142 valence electrons. The van der Waals surface area contributed by atoms with Crippen molar-refractivity contribution in [2.75, 3.05) is 16.8 Å². The topological polar surface area (TPSA) is 99.0 Å². The van der Waals surface area contributed by atoms with Crippen LogP contribution in [-0.2, 0) is 11.2 Å². The van der Waals surface area contributed by atoms with Crippen LogP contribution >= 0.6 is 35.4 Å². The smallest absolute Gasteiger partial charge is 0.573 e. The molecule has 0 radical (unpaired) electrons. The van der Waals surface area contributed by atoms with Crippen molar-refractivity contribution >= 4 is 63.1 Å². The number of aromatic amines is 1. The van der Waals surface area contributed by atoms with E-state index in [0.29, 0.717) is 0 Å². The second kappa shape index (κ2) is 8.09. The van der Waals surface area contributed by atoms with Crippen LogP contribution in [0.1, 0.15) is 12.6 Å². The Morgan fingerprint density at radius 1 is 1.42 bits per heavy atom. The lowest BCUT2D eigenvalue weighted by Gasteiger charge is -2.14. The van der Waals surface area contributed by atoms with Gasteiger partial charge in [0.05, 0.1) is 15.7 Å². The molecule has 1 aromatic heterocycles. The van der Waals surface area contributed by atoms with E-state index in [1.807, 2.05) is 0 Å². The first kappa shape index (κ1) is 20.9. The van der Waals surface area contributed by atoms with Gasteiger partial charge in [0.25, 0.3) is 0 Å². The van der Waals surface area contributed by atoms with E-state index in [1.54, 1.807) is 6.92 Å². The summed E-state index contributed by atoms with van der Waals surface area (Å²) in [5, 5.41) is 8.72. The number of alkyl halides is 3. The minimum Gasteiger partial charge on any atom is -0.611 e. The summed E-state index contributed by atoms with van der Waals surface area (Å²) in [6.45, 7) is 1.69. The van der Waals surface area contributed by atoms with Gasteiger partial charge >= 0.3 is 6.36 Å². The van der Waals surface area contributed by atoms with Crippen molar-refractivity contribution in [3.05, 3.63) is 27.9 Å². The zero-order chi connectivity index (χ0) is 19.6. The summed E-state index contributed by atoms with van der Waals surface area (Å²) in [6, 6.07) is 1.85. The number of halogens is 5. The number of aromatic nitrogens is 2. The maximum Gasteiger partial charge on any atom is 0.573 e. The summed E-state index contributed by atoms with van der Waals surface area (Å²) >= 11 is 15.7. The molecule has 0 amide bonds. The van der Waals surface area contributed by atoms with Gasteiger partial charge in [0, 0.05) is 12.1 Å². The maximum atomic E-state index is 12.3. The molecule has 6 nitrogen and oxygen atoms in total. The van der Waals surface area contributed by atoms with Crippen molar-refractivity contribution in [1.29, 1.82) is 0 Å². The number of rotatable bonds is 5. The summed E-state index contributed by atoms with van der Waals surface area (Å²) < 4.78 is 52.8. The first-order chi connectivity index (χ1) is 12.0. The molecule has 1 unspecified atom stereocenters. The fourth-order valence-electron chi connectivity index (χ4n) is 1.91. The highest BCUT2D eigenvalue weighted by atomic mass is 35.5. The van der Waals surface area contributed by atoms with Crippen molar-refractivity contribution in [2.24, 2.45) is 0 Å². The average Bonchev–Trinajstić information content (AvgIpc) is 2.90. The van der Waals surface area contributed by atoms with Crippen LogP contribution in [0.15, 0.2) is 17.0 Å². The van der Waals surface area contributed by atoms with Crippen molar-refractivity contribution in [2.45, 2.75) is 18.2 Å². The summed E-state index contributed by atoms with van der Waals surface area (Å²) in [6.07, 6.45) is -4.89. The molecule has 0 bridgehead atoms. The Kier molecular flexibility index (Phi) is 6.51. The first-order valence-corrected chi connectivity index (χ1v) is 9.30. The Bertz CT molecular complexity index is 809. The van der Waals surface area contributed by atoms with Gasteiger partial charge in [-0.15, -0.1) is 13.2 Å². The SMILES string of the molecule is CC[S+]([O-])c1c(C(=S)Nc2c(Cl)cc(OC(F)(F)F)cc2Cl)n[nH]c1N. The molecule has 26 heavy (non-hydrogen) atoms. The third kappa shape index (κ3) is 4.86. The summed E-state index contributed by atoms with van der Waals surface area (Å²) in [5.41, 5.74) is 5.88. The molecule has 0 spiro atoms. The third-order valence-corrected chi connectivity index (χ3v) is 5.23. The van der Waals surface area contributed by atoms with E-state index in [0.717, 1.165) is 12.1 Å². The van der Waals surface area contributed by atoms with Crippen LogP contribution in [0, 0.1) is 0 Å². The van der Waals surface area contributed by atoms with Gasteiger partial charge in [-0.1, -0.05) is 35.4 Å². The van der Waals surface area contributed by atoms with E-state index in [4.69, 9.17) is 41.2 Å². The lowest BCUT2D eigenvalue weighted by molar-refractivity contribution is -0.274. The van der Waals surface area contributed by atoms with Crippen LogP contribution in [0.5, 0.6) is 5.75 Å². The molecule has 2 aromatic rings. The Labute approximate surface area is 164 Å². The Morgan fingerprint density at radius 3 is 2.50 bits per heavy atom. The zero-order valence-corrected chi connectivity index (χ0v) is 16.1. The van der Waals surface area contributed by atoms with Gasteiger partial charge in [-0.05, 0) is 18.1 Å². The number of nitrogens with one attached hydrogen (secondary N) is 2. The Hall–Kier alpha value is -1.40. The van der Waals surface area contributed by atoms with Crippen LogP contribution in [0.25, 0.3) is 0 Å². The molecule has 0 aliphatic carbocycles. The highest BCUT2D eigenvalue weighted by molar-refractivity contribution is 7.91. The molecule has 0 fully saturated rings. The normalized spacial score (nSPS) is 12.7. The average molecular weight is 447 g/mol. The fourth-order valence-corrected chi connectivity index (χ4v) is 3.73. The summed E-state index contributed by atoms with van der Waals surface area (Å²) in [7, 11) is 0. The standard InChI is InChI=1S/C13H11Cl2F3N4O2S2/c1-2-26(23)10-9(21-22-11(10)19)12(25)20-8-6(14)3-5(4-7(8)15)24-13(16,17)18/h3-4H,2H2,1H3,(H,20,25)(H3,19,21,22). The Morgan fingerprint density at radius 2 is 2.00 bits per heavy atom. The van der Waals surface area contributed by atoms with Crippen molar-refractivity contribution in [3.63, 3.8) is 0 Å². The minimum absolute atomic E-state index is 0.0111. The van der Waals surface area contributed by atoms with Gasteiger partial charge in [0.2, 0.25) is 4.90 Å². The van der Waals surface area contributed by atoms with E-state index in [-0.39, 0.29) is 42.9 Å². The number of ether oxygens (including phenoxy) is 1. The molecule has 0 aliphatic rings. The van der Waals surface area contributed by atoms with Gasteiger partial charge in [0.1, 0.15) is 16.5 Å². The summed E-state index contributed by atoms with van der Waals surface area (Å²) in [4.78, 5) is 0.206. The van der Waals surface area contributed by atoms with Crippen LogP contribution in [0.3, 0.4) is 0 Å². The number of hydrogen-bond donors (Lipinski definition) is 3. The first-order valence-electron chi connectivity index (χ1n) is 6.81. The number of hydrogen-bond acceptors (Lipinski definition) is 5. The molecular weight excluding hydrogens is 436 g/mol.